The van der Waals surface area contributed by atoms with E-state index in [0.717, 1.165) is 5.56 Å². The number of rotatable bonds is 10. The minimum atomic E-state index is -3.58. The molecule has 0 heterocycles. The third-order valence-corrected chi connectivity index (χ3v) is 5.46. The van der Waals surface area contributed by atoms with Crippen LogP contribution in [0.2, 0.25) is 0 Å². The van der Waals surface area contributed by atoms with Crippen LogP contribution in [0.3, 0.4) is 0 Å². The Kier molecular flexibility index (Phi) is 8.37. The van der Waals surface area contributed by atoms with Crippen molar-refractivity contribution in [2.75, 3.05) is 18.5 Å². The van der Waals surface area contributed by atoms with Crippen LogP contribution in [0.4, 0.5) is 5.69 Å². The van der Waals surface area contributed by atoms with Gasteiger partial charge in [-0.1, -0.05) is 12.1 Å². The zero-order valence-corrected chi connectivity index (χ0v) is 18.0. The molecule has 0 aliphatic rings. The minimum absolute atomic E-state index is 0.121. The Hall–Kier alpha value is -2.91. The second-order valence-electron chi connectivity index (χ2n) is 6.76. The molecule has 1 amide bonds. The van der Waals surface area contributed by atoms with E-state index in [9.17, 15) is 18.0 Å². The lowest BCUT2D eigenvalue weighted by atomic mass is 10.1. The molecule has 8 nitrogen and oxygen atoms in total. The van der Waals surface area contributed by atoms with Crippen LogP contribution in [-0.4, -0.2) is 39.5 Å². The number of hydrogen-bond acceptors (Lipinski definition) is 6. The van der Waals surface area contributed by atoms with Crippen LogP contribution in [0.1, 0.15) is 26.3 Å². The summed E-state index contributed by atoms with van der Waals surface area (Å²) in [6, 6.07) is 12.4. The number of amides is 1. The summed E-state index contributed by atoms with van der Waals surface area (Å²) in [6.45, 7) is 5.32. The molecule has 0 saturated carbocycles. The molecule has 2 N–H and O–H groups in total. The number of carbonyl (C=O) groups is 2. The zero-order chi connectivity index (χ0) is 22.1. The first-order valence-corrected chi connectivity index (χ1v) is 11.0. The van der Waals surface area contributed by atoms with Gasteiger partial charge in [-0.15, -0.1) is 0 Å². The van der Waals surface area contributed by atoms with Crippen LogP contribution < -0.4 is 14.8 Å². The van der Waals surface area contributed by atoms with Crippen molar-refractivity contribution in [3.63, 3.8) is 0 Å². The quantitative estimate of drug-likeness (QED) is 0.556. The summed E-state index contributed by atoms with van der Waals surface area (Å²) in [5.41, 5.74) is 1.35. The van der Waals surface area contributed by atoms with Gasteiger partial charge in [0.1, 0.15) is 5.75 Å². The van der Waals surface area contributed by atoms with Gasteiger partial charge in [0.2, 0.25) is 10.0 Å². The van der Waals surface area contributed by atoms with Gasteiger partial charge in [-0.05, 0) is 62.7 Å². The monoisotopic (exact) mass is 434 g/mol. The number of esters is 1. The lowest BCUT2D eigenvalue weighted by molar-refractivity contribution is -0.142. The fraction of sp³-hybridized carbons (Fsp3) is 0.333. The maximum Gasteiger partial charge on any atom is 0.310 e. The van der Waals surface area contributed by atoms with Crippen molar-refractivity contribution in [3.8, 4) is 5.75 Å². The van der Waals surface area contributed by atoms with Crippen LogP contribution in [-0.2, 0) is 30.8 Å². The average molecular weight is 435 g/mol. The summed E-state index contributed by atoms with van der Waals surface area (Å²) >= 11 is 0. The van der Waals surface area contributed by atoms with E-state index >= 15 is 0 Å². The Morgan fingerprint density at radius 2 is 1.63 bits per heavy atom. The summed E-state index contributed by atoms with van der Waals surface area (Å²) in [5, 5.41) is 2.69. The van der Waals surface area contributed by atoms with Crippen LogP contribution in [0, 0.1) is 0 Å². The maximum absolute atomic E-state index is 12.1. The van der Waals surface area contributed by atoms with Crippen molar-refractivity contribution in [2.24, 2.45) is 0 Å². The second-order valence-corrected chi connectivity index (χ2v) is 8.48. The average Bonchev–Trinajstić information content (AvgIpc) is 2.67. The van der Waals surface area contributed by atoms with Crippen molar-refractivity contribution in [1.82, 2.24) is 4.72 Å². The fourth-order valence-electron chi connectivity index (χ4n) is 2.52. The Morgan fingerprint density at radius 3 is 2.20 bits per heavy atom. The summed E-state index contributed by atoms with van der Waals surface area (Å²) in [5.74, 6) is -0.300. The van der Waals surface area contributed by atoms with Gasteiger partial charge in [-0.25, -0.2) is 13.1 Å². The maximum atomic E-state index is 12.1. The van der Waals surface area contributed by atoms with E-state index in [1.54, 1.807) is 45.0 Å². The van der Waals surface area contributed by atoms with Crippen LogP contribution in [0.15, 0.2) is 53.4 Å². The molecular weight excluding hydrogens is 408 g/mol. The molecule has 9 heteroatoms. The van der Waals surface area contributed by atoms with Crippen molar-refractivity contribution in [1.29, 1.82) is 0 Å². The Bertz CT molecular complexity index is 954. The molecule has 162 valence electrons. The molecule has 2 aromatic rings. The van der Waals surface area contributed by atoms with E-state index in [4.69, 9.17) is 9.47 Å². The first-order chi connectivity index (χ1) is 14.2. The van der Waals surface area contributed by atoms with Gasteiger partial charge in [-0.3, -0.25) is 9.59 Å². The number of nitrogens with one attached hydrogen (secondary N) is 2. The molecule has 30 heavy (non-hydrogen) atoms. The molecule has 0 radical (unpaired) electrons. The van der Waals surface area contributed by atoms with E-state index in [0.29, 0.717) is 18.0 Å². The normalized spacial score (nSPS) is 11.2. The van der Waals surface area contributed by atoms with Crippen LogP contribution >= 0.6 is 0 Å². The lowest BCUT2D eigenvalue weighted by Gasteiger charge is -2.11. The highest BCUT2D eigenvalue weighted by Crippen LogP contribution is 2.16. The highest BCUT2D eigenvalue weighted by Gasteiger charge is 2.15. The topological polar surface area (TPSA) is 111 Å². The molecule has 0 saturated heterocycles. The Balaban J connectivity index is 1.85. The number of hydrogen-bond donors (Lipinski definition) is 2. The van der Waals surface area contributed by atoms with Crippen molar-refractivity contribution >= 4 is 27.6 Å². The van der Waals surface area contributed by atoms with Crippen molar-refractivity contribution in [3.05, 3.63) is 54.1 Å². The predicted molar refractivity (Wildman–Crippen MR) is 113 cm³/mol. The molecular formula is C21H26N2O6S. The lowest BCUT2D eigenvalue weighted by Crippen LogP contribution is -2.30. The fourth-order valence-corrected chi connectivity index (χ4v) is 3.78. The number of anilines is 1. The van der Waals surface area contributed by atoms with Crippen LogP contribution in [0.5, 0.6) is 5.75 Å². The first kappa shape index (κ1) is 23.4. The molecule has 0 aromatic heterocycles. The van der Waals surface area contributed by atoms with Gasteiger partial charge in [-0.2, -0.15) is 0 Å². The van der Waals surface area contributed by atoms with Gasteiger partial charge in [0, 0.05) is 11.7 Å². The molecule has 2 aromatic carbocycles. The second kappa shape index (κ2) is 10.7. The van der Waals surface area contributed by atoms with Gasteiger partial charge in [0.25, 0.3) is 5.91 Å². The van der Waals surface area contributed by atoms with E-state index in [-0.39, 0.29) is 35.8 Å². The standard InChI is InChI=1S/C21H26N2O6S/c1-4-28-21(25)13-16-5-7-17(8-6-16)22-20(24)14-29-18-9-11-19(12-10-18)30(26,27)23-15(2)3/h5-12,15,23H,4,13-14H2,1-3H3,(H,22,24). The third kappa shape index (κ3) is 7.49. The van der Waals surface area contributed by atoms with Crippen molar-refractivity contribution < 1.29 is 27.5 Å². The summed E-state index contributed by atoms with van der Waals surface area (Å²) in [7, 11) is -3.58. The number of sulfonamides is 1. The number of benzene rings is 2. The van der Waals surface area contributed by atoms with Crippen molar-refractivity contribution in [2.45, 2.75) is 38.1 Å². The number of ether oxygens (including phenoxy) is 2. The van der Waals surface area contributed by atoms with Gasteiger partial charge >= 0.3 is 5.97 Å². The summed E-state index contributed by atoms with van der Waals surface area (Å²) in [6.07, 6.45) is 0.170. The van der Waals surface area contributed by atoms with E-state index in [1.165, 1.54) is 24.3 Å². The summed E-state index contributed by atoms with van der Waals surface area (Å²) in [4.78, 5) is 23.7. The number of carbonyl (C=O) groups excluding carboxylic acids is 2. The highest BCUT2D eigenvalue weighted by molar-refractivity contribution is 7.89. The molecule has 0 fully saturated rings. The molecule has 0 aliphatic carbocycles. The summed E-state index contributed by atoms with van der Waals surface area (Å²) < 4.78 is 37.0. The van der Waals surface area contributed by atoms with Crippen LogP contribution in [0.25, 0.3) is 0 Å². The van der Waals surface area contributed by atoms with Gasteiger partial charge in [0.05, 0.1) is 17.9 Å². The Labute approximate surface area is 176 Å². The smallest absolute Gasteiger partial charge is 0.310 e. The zero-order valence-electron chi connectivity index (χ0n) is 17.2. The predicted octanol–water partition coefficient (Wildman–Crippen LogP) is 2.50. The molecule has 0 aliphatic heterocycles. The van der Waals surface area contributed by atoms with Gasteiger partial charge < -0.3 is 14.8 Å². The van der Waals surface area contributed by atoms with E-state index < -0.39 is 10.0 Å². The molecule has 0 spiro atoms. The van der Waals surface area contributed by atoms with Gasteiger partial charge in [0.15, 0.2) is 6.61 Å². The first-order valence-electron chi connectivity index (χ1n) is 9.49. The SMILES string of the molecule is CCOC(=O)Cc1ccc(NC(=O)COc2ccc(S(=O)(=O)NC(C)C)cc2)cc1. The highest BCUT2D eigenvalue weighted by atomic mass is 32.2. The molecule has 2 rings (SSSR count). The molecule has 0 atom stereocenters. The van der Waals surface area contributed by atoms with E-state index in [1.807, 2.05) is 0 Å². The van der Waals surface area contributed by atoms with E-state index in [2.05, 4.69) is 10.0 Å². The Morgan fingerprint density at radius 1 is 1.00 bits per heavy atom. The molecule has 0 bridgehead atoms. The third-order valence-electron chi connectivity index (χ3n) is 3.79. The molecule has 0 unspecified atom stereocenters. The largest absolute Gasteiger partial charge is 0.484 e. The minimum Gasteiger partial charge on any atom is -0.484 e.